The van der Waals surface area contributed by atoms with E-state index in [0.717, 1.165) is 21.6 Å². The molecule has 2 aromatic heterocycles. The second kappa shape index (κ2) is 4.37. The Kier molecular flexibility index (Phi) is 2.78. The van der Waals surface area contributed by atoms with Crippen LogP contribution < -0.4 is 0 Å². The number of fused-ring (bicyclic) bond motifs is 1. The number of aromatic nitrogens is 2. The molecule has 0 unspecified atom stereocenters. The summed E-state index contributed by atoms with van der Waals surface area (Å²) in [7, 11) is 0. The molecule has 2 heterocycles. The largest absolute Gasteiger partial charge is 0.431 e. The van der Waals surface area contributed by atoms with Crippen molar-refractivity contribution in [3.8, 4) is 11.3 Å². The molecule has 0 N–H and O–H groups in total. The van der Waals surface area contributed by atoms with Crippen molar-refractivity contribution in [2.24, 2.45) is 0 Å². The van der Waals surface area contributed by atoms with E-state index >= 15 is 0 Å². The molecule has 20 heavy (non-hydrogen) atoms. The number of hydrogen-bond acceptors (Lipinski definition) is 1. The van der Waals surface area contributed by atoms with E-state index in [-0.39, 0.29) is 5.65 Å². The van der Waals surface area contributed by atoms with E-state index in [1.807, 2.05) is 31.2 Å². The highest BCUT2D eigenvalue weighted by molar-refractivity contribution is 5.63. The van der Waals surface area contributed by atoms with Crippen LogP contribution in [0, 0.1) is 6.92 Å². The highest BCUT2D eigenvalue weighted by atomic mass is 19.4. The summed E-state index contributed by atoms with van der Waals surface area (Å²) in [6.07, 6.45) is -2.98. The average Bonchev–Trinajstić information content (AvgIpc) is 2.81. The van der Waals surface area contributed by atoms with E-state index in [1.165, 1.54) is 12.3 Å². The topological polar surface area (TPSA) is 17.3 Å². The van der Waals surface area contributed by atoms with Crippen molar-refractivity contribution in [2.45, 2.75) is 13.1 Å². The molecule has 0 aliphatic heterocycles. The summed E-state index contributed by atoms with van der Waals surface area (Å²) in [6.45, 7) is 1.95. The molecule has 0 aliphatic carbocycles. The van der Waals surface area contributed by atoms with E-state index < -0.39 is 11.9 Å². The van der Waals surface area contributed by atoms with E-state index in [0.29, 0.717) is 5.69 Å². The summed E-state index contributed by atoms with van der Waals surface area (Å²) in [6, 6.07) is 11.5. The standard InChI is InChI=1S/C15H11F3N2/c1-10-5-7-11(8-6-10)12-9-20-13(15(16,17)18)3-2-4-14(20)19-12/h2-9H,1H3. The summed E-state index contributed by atoms with van der Waals surface area (Å²) >= 11 is 0. The first kappa shape index (κ1) is 12.7. The van der Waals surface area contributed by atoms with Crippen molar-refractivity contribution in [1.29, 1.82) is 0 Å². The van der Waals surface area contributed by atoms with E-state index in [1.54, 1.807) is 6.07 Å². The number of nitrogens with zero attached hydrogens (tertiary/aromatic N) is 2. The quantitative estimate of drug-likeness (QED) is 0.646. The maximum Gasteiger partial charge on any atom is 0.431 e. The predicted octanol–water partition coefficient (Wildman–Crippen LogP) is 4.33. The van der Waals surface area contributed by atoms with E-state index in [4.69, 9.17) is 0 Å². The first-order valence-electron chi connectivity index (χ1n) is 6.07. The zero-order valence-corrected chi connectivity index (χ0v) is 10.6. The number of benzene rings is 1. The number of pyridine rings is 1. The first-order valence-corrected chi connectivity index (χ1v) is 6.07. The van der Waals surface area contributed by atoms with Crippen LogP contribution in [0.1, 0.15) is 11.3 Å². The van der Waals surface area contributed by atoms with Crippen LogP contribution >= 0.6 is 0 Å². The summed E-state index contributed by atoms with van der Waals surface area (Å²) in [5.74, 6) is 0. The van der Waals surface area contributed by atoms with Crippen LogP contribution in [0.4, 0.5) is 13.2 Å². The van der Waals surface area contributed by atoms with Crippen LogP contribution in [0.3, 0.4) is 0 Å². The predicted molar refractivity (Wildman–Crippen MR) is 70.4 cm³/mol. The van der Waals surface area contributed by atoms with E-state index in [2.05, 4.69) is 4.98 Å². The fourth-order valence-corrected chi connectivity index (χ4v) is 2.11. The molecular weight excluding hydrogens is 265 g/mol. The molecule has 0 aliphatic rings. The third kappa shape index (κ3) is 2.15. The van der Waals surface area contributed by atoms with Gasteiger partial charge in [0.1, 0.15) is 11.3 Å². The first-order chi connectivity index (χ1) is 9.45. The number of imidazole rings is 1. The van der Waals surface area contributed by atoms with Gasteiger partial charge in [-0.3, -0.25) is 4.40 Å². The molecule has 0 atom stereocenters. The van der Waals surface area contributed by atoms with Crippen molar-refractivity contribution in [3.63, 3.8) is 0 Å². The smallest absolute Gasteiger partial charge is 0.295 e. The second-order valence-electron chi connectivity index (χ2n) is 4.63. The van der Waals surface area contributed by atoms with Gasteiger partial charge in [-0.2, -0.15) is 13.2 Å². The van der Waals surface area contributed by atoms with Crippen molar-refractivity contribution in [3.05, 3.63) is 59.9 Å². The molecule has 102 valence electrons. The molecule has 5 heteroatoms. The zero-order valence-electron chi connectivity index (χ0n) is 10.6. The van der Waals surface area contributed by atoms with Gasteiger partial charge in [0.25, 0.3) is 0 Å². The minimum atomic E-state index is -4.40. The summed E-state index contributed by atoms with van der Waals surface area (Å²) < 4.78 is 39.9. The molecule has 0 radical (unpaired) electrons. The summed E-state index contributed by atoms with van der Waals surface area (Å²) in [4.78, 5) is 4.25. The van der Waals surface area contributed by atoms with Crippen molar-refractivity contribution < 1.29 is 13.2 Å². The van der Waals surface area contributed by atoms with Gasteiger partial charge in [0.15, 0.2) is 0 Å². The lowest BCUT2D eigenvalue weighted by Crippen LogP contribution is -2.10. The molecule has 3 aromatic rings. The van der Waals surface area contributed by atoms with Gasteiger partial charge in [-0.15, -0.1) is 0 Å². The number of hydrogen-bond donors (Lipinski definition) is 0. The molecular formula is C15H11F3N2. The normalized spacial score (nSPS) is 12.0. The summed E-state index contributed by atoms with van der Waals surface area (Å²) in [5, 5.41) is 0. The summed E-state index contributed by atoms with van der Waals surface area (Å²) in [5.41, 5.74) is 1.99. The van der Waals surface area contributed by atoms with Crippen LogP contribution in [-0.2, 0) is 6.18 Å². The fraction of sp³-hybridized carbons (Fsp3) is 0.133. The number of aryl methyl sites for hydroxylation is 1. The SMILES string of the molecule is Cc1ccc(-c2cn3c(C(F)(F)F)cccc3n2)cc1. The van der Waals surface area contributed by atoms with Gasteiger partial charge >= 0.3 is 6.18 Å². The average molecular weight is 276 g/mol. The van der Waals surface area contributed by atoms with Crippen LogP contribution in [-0.4, -0.2) is 9.38 Å². The Hall–Kier alpha value is -2.30. The zero-order chi connectivity index (χ0) is 14.3. The van der Waals surface area contributed by atoms with Gasteiger partial charge < -0.3 is 0 Å². The molecule has 0 bridgehead atoms. The fourth-order valence-electron chi connectivity index (χ4n) is 2.11. The Morgan fingerprint density at radius 2 is 1.70 bits per heavy atom. The van der Waals surface area contributed by atoms with Gasteiger partial charge in [0, 0.05) is 11.8 Å². The Morgan fingerprint density at radius 3 is 2.35 bits per heavy atom. The molecule has 0 saturated heterocycles. The monoisotopic (exact) mass is 276 g/mol. The van der Waals surface area contributed by atoms with Crippen molar-refractivity contribution in [2.75, 3.05) is 0 Å². The van der Waals surface area contributed by atoms with Gasteiger partial charge in [-0.25, -0.2) is 4.98 Å². The third-order valence-corrected chi connectivity index (χ3v) is 3.13. The molecule has 0 fully saturated rings. The minimum Gasteiger partial charge on any atom is -0.295 e. The molecule has 0 amide bonds. The highest BCUT2D eigenvalue weighted by Crippen LogP contribution is 2.31. The van der Waals surface area contributed by atoms with Crippen molar-refractivity contribution >= 4 is 5.65 Å². The van der Waals surface area contributed by atoms with Gasteiger partial charge in [0.2, 0.25) is 0 Å². The molecule has 0 saturated carbocycles. The van der Waals surface area contributed by atoms with Gasteiger partial charge in [-0.1, -0.05) is 35.9 Å². The number of halogens is 3. The van der Waals surface area contributed by atoms with Gasteiger partial charge in [0.05, 0.1) is 5.69 Å². The number of rotatable bonds is 1. The maximum absolute atomic E-state index is 12.9. The van der Waals surface area contributed by atoms with Crippen LogP contribution in [0.25, 0.3) is 16.9 Å². The highest BCUT2D eigenvalue weighted by Gasteiger charge is 2.33. The Bertz CT molecular complexity index is 755. The Balaban J connectivity index is 2.18. The van der Waals surface area contributed by atoms with Crippen LogP contribution in [0.2, 0.25) is 0 Å². The minimum absolute atomic E-state index is 0.287. The Morgan fingerprint density at radius 1 is 1.00 bits per heavy atom. The van der Waals surface area contributed by atoms with Gasteiger partial charge in [-0.05, 0) is 19.1 Å². The molecule has 1 aromatic carbocycles. The maximum atomic E-state index is 12.9. The second-order valence-corrected chi connectivity index (χ2v) is 4.63. The molecule has 0 spiro atoms. The van der Waals surface area contributed by atoms with E-state index in [9.17, 15) is 13.2 Å². The lowest BCUT2D eigenvalue weighted by atomic mass is 10.1. The lowest BCUT2D eigenvalue weighted by Gasteiger charge is -2.08. The molecule has 3 rings (SSSR count). The third-order valence-electron chi connectivity index (χ3n) is 3.13. The number of alkyl halides is 3. The van der Waals surface area contributed by atoms with Crippen LogP contribution in [0.15, 0.2) is 48.7 Å². The Labute approximate surface area is 113 Å². The lowest BCUT2D eigenvalue weighted by molar-refractivity contribution is -0.142. The van der Waals surface area contributed by atoms with Crippen molar-refractivity contribution in [1.82, 2.24) is 9.38 Å². The molecule has 2 nitrogen and oxygen atoms in total. The van der Waals surface area contributed by atoms with Crippen LogP contribution in [0.5, 0.6) is 0 Å².